The number of halogens is 2. The predicted molar refractivity (Wildman–Crippen MR) is 97.1 cm³/mol. The third kappa shape index (κ3) is 3.18. The number of amides is 1. The van der Waals surface area contributed by atoms with Crippen molar-refractivity contribution in [1.82, 2.24) is 15.0 Å². The van der Waals surface area contributed by atoms with Gasteiger partial charge in [0.2, 0.25) is 5.89 Å². The van der Waals surface area contributed by atoms with Gasteiger partial charge in [-0.3, -0.25) is 9.78 Å². The highest BCUT2D eigenvalue weighted by Crippen LogP contribution is 2.31. The van der Waals surface area contributed by atoms with E-state index in [2.05, 4.69) is 36.2 Å². The average Bonchev–Trinajstić information content (AvgIpc) is 3.07. The Kier molecular flexibility index (Phi) is 4.18. The second kappa shape index (κ2) is 6.64. The number of carbonyl (C=O) groups is 1. The first kappa shape index (κ1) is 16.3. The van der Waals surface area contributed by atoms with Gasteiger partial charge in [0.25, 0.3) is 5.91 Å². The minimum Gasteiger partial charge on any atom is -0.436 e. The molecule has 0 saturated heterocycles. The summed E-state index contributed by atoms with van der Waals surface area (Å²) >= 11 is 3.36. The number of oxazole rings is 1. The van der Waals surface area contributed by atoms with Crippen molar-refractivity contribution in [2.45, 2.75) is 0 Å². The summed E-state index contributed by atoms with van der Waals surface area (Å²) in [6.07, 6.45) is 4.31. The fraction of sp³-hybridized carbons (Fsp3) is 0. The summed E-state index contributed by atoms with van der Waals surface area (Å²) in [6.45, 7) is 0. The van der Waals surface area contributed by atoms with Gasteiger partial charge in [0.15, 0.2) is 5.58 Å². The fourth-order valence-corrected chi connectivity index (χ4v) is 2.81. The summed E-state index contributed by atoms with van der Waals surface area (Å²) < 4.78 is 19.9. The Morgan fingerprint density at radius 3 is 2.85 bits per heavy atom. The van der Waals surface area contributed by atoms with Crippen LogP contribution in [0.2, 0.25) is 0 Å². The average molecular weight is 413 g/mol. The number of benzene rings is 2. The van der Waals surface area contributed by atoms with E-state index in [0.29, 0.717) is 26.8 Å². The molecule has 1 N–H and O–H groups in total. The minimum absolute atomic E-state index is 0.206. The maximum absolute atomic E-state index is 13.5. The summed E-state index contributed by atoms with van der Waals surface area (Å²) in [5.41, 5.74) is 2.30. The lowest BCUT2D eigenvalue weighted by Gasteiger charge is -2.03. The van der Waals surface area contributed by atoms with Gasteiger partial charge < -0.3 is 9.73 Å². The Hall–Kier alpha value is -3.13. The zero-order chi connectivity index (χ0) is 18.1. The van der Waals surface area contributed by atoms with Crippen LogP contribution in [-0.4, -0.2) is 20.9 Å². The number of fused-ring (bicyclic) bond motifs is 1. The van der Waals surface area contributed by atoms with E-state index in [9.17, 15) is 9.18 Å². The Balaban J connectivity index is 1.66. The molecule has 2 aromatic carbocycles. The molecule has 0 radical (unpaired) electrons. The van der Waals surface area contributed by atoms with Crippen LogP contribution in [-0.2, 0) is 0 Å². The van der Waals surface area contributed by atoms with Crippen LogP contribution in [0.1, 0.15) is 10.5 Å². The smallest absolute Gasteiger partial charge is 0.275 e. The molecular weight excluding hydrogens is 403 g/mol. The van der Waals surface area contributed by atoms with E-state index in [1.54, 1.807) is 24.3 Å². The molecule has 2 heterocycles. The van der Waals surface area contributed by atoms with Gasteiger partial charge in [-0.15, -0.1) is 0 Å². The first-order chi connectivity index (χ1) is 12.6. The van der Waals surface area contributed by atoms with Crippen LogP contribution in [0.15, 0.2) is 63.9 Å². The number of anilines is 1. The van der Waals surface area contributed by atoms with Gasteiger partial charge in [0.1, 0.15) is 17.0 Å². The molecule has 0 fully saturated rings. The van der Waals surface area contributed by atoms with Gasteiger partial charge in [-0.05, 0) is 52.3 Å². The third-order valence-corrected chi connectivity index (χ3v) is 4.29. The highest BCUT2D eigenvalue weighted by molar-refractivity contribution is 9.10. The molecule has 26 heavy (non-hydrogen) atoms. The summed E-state index contributed by atoms with van der Waals surface area (Å²) in [6, 6.07) is 9.31. The molecule has 0 bridgehead atoms. The second-order valence-corrected chi connectivity index (χ2v) is 6.22. The largest absolute Gasteiger partial charge is 0.436 e. The Labute approximate surface area is 155 Å². The van der Waals surface area contributed by atoms with E-state index in [4.69, 9.17) is 4.42 Å². The molecule has 0 unspecified atom stereocenters. The molecule has 0 spiro atoms. The zero-order valence-electron chi connectivity index (χ0n) is 13.1. The van der Waals surface area contributed by atoms with Crippen molar-refractivity contribution >= 4 is 38.6 Å². The lowest BCUT2D eigenvalue weighted by molar-refractivity contribution is 0.102. The van der Waals surface area contributed by atoms with E-state index >= 15 is 0 Å². The monoisotopic (exact) mass is 412 g/mol. The summed E-state index contributed by atoms with van der Waals surface area (Å²) in [4.78, 5) is 24.3. The summed E-state index contributed by atoms with van der Waals surface area (Å²) in [5, 5.41) is 2.73. The quantitative estimate of drug-likeness (QED) is 0.537. The minimum atomic E-state index is -0.387. The van der Waals surface area contributed by atoms with Crippen LogP contribution < -0.4 is 5.32 Å². The second-order valence-electron chi connectivity index (χ2n) is 5.37. The SMILES string of the molecule is O=C(Nc1ccc2oc(-c3cc(F)ccc3Br)nc2c1)c1cnccn1. The molecule has 1 amide bonds. The molecule has 6 nitrogen and oxygen atoms in total. The topological polar surface area (TPSA) is 80.9 Å². The van der Waals surface area contributed by atoms with Crippen molar-refractivity contribution in [3.8, 4) is 11.5 Å². The van der Waals surface area contributed by atoms with Gasteiger partial charge >= 0.3 is 0 Å². The number of hydrogen-bond acceptors (Lipinski definition) is 5. The molecule has 0 atom stereocenters. The van der Waals surface area contributed by atoms with E-state index in [-0.39, 0.29) is 23.3 Å². The number of hydrogen-bond donors (Lipinski definition) is 1. The molecule has 0 aliphatic rings. The molecule has 4 rings (SSSR count). The van der Waals surface area contributed by atoms with Gasteiger partial charge in [0.05, 0.1) is 11.8 Å². The molecular formula is C18H10BrFN4O2. The van der Waals surface area contributed by atoms with Gasteiger partial charge in [-0.25, -0.2) is 14.4 Å². The number of nitrogens with one attached hydrogen (secondary N) is 1. The van der Waals surface area contributed by atoms with Crippen molar-refractivity contribution in [2.75, 3.05) is 5.32 Å². The fourth-order valence-electron chi connectivity index (χ4n) is 2.39. The van der Waals surface area contributed by atoms with E-state index < -0.39 is 0 Å². The number of rotatable bonds is 3. The lowest BCUT2D eigenvalue weighted by atomic mass is 10.2. The highest BCUT2D eigenvalue weighted by atomic mass is 79.9. The van der Waals surface area contributed by atoms with E-state index in [1.165, 1.54) is 30.7 Å². The predicted octanol–water partition coefficient (Wildman–Crippen LogP) is 4.44. The van der Waals surface area contributed by atoms with Gasteiger partial charge in [0, 0.05) is 22.6 Å². The van der Waals surface area contributed by atoms with E-state index in [1.807, 2.05) is 0 Å². The first-order valence-corrected chi connectivity index (χ1v) is 8.33. The zero-order valence-corrected chi connectivity index (χ0v) is 14.7. The molecule has 8 heteroatoms. The van der Waals surface area contributed by atoms with Crippen LogP contribution in [0.25, 0.3) is 22.6 Å². The molecule has 2 aromatic heterocycles. The van der Waals surface area contributed by atoms with Crippen molar-refractivity contribution in [1.29, 1.82) is 0 Å². The first-order valence-electron chi connectivity index (χ1n) is 7.53. The number of carbonyl (C=O) groups excluding carboxylic acids is 1. The highest BCUT2D eigenvalue weighted by Gasteiger charge is 2.14. The molecule has 0 aliphatic carbocycles. The molecule has 0 aliphatic heterocycles. The van der Waals surface area contributed by atoms with Crippen molar-refractivity contribution < 1.29 is 13.6 Å². The summed E-state index contributed by atoms with van der Waals surface area (Å²) in [5.74, 6) is -0.486. The number of nitrogens with zero attached hydrogens (tertiary/aromatic N) is 3. The van der Waals surface area contributed by atoms with Crippen LogP contribution in [0, 0.1) is 5.82 Å². The maximum Gasteiger partial charge on any atom is 0.275 e. The van der Waals surface area contributed by atoms with Crippen LogP contribution in [0.4, 0.5) is 10.1 Å². The Morgan fingerprint density at radius 2 is 2.04 bits per heavy atom. The maximum atomic E-state index is 13.5. The van der Waals surface area contributed by atoms with Gasteiger partial charge in [-0.2, -0.15) is 0 Å². The van der Waals surface area contributed by atoms with E-state index in [0.717, 1.165) is 0 Å². The van der Waals surface area contributed by atoms with Gasteiger partial charge in [-0.1, -0.05) is 0 Å². The molecule has 0 saturated carbocycles. The number of aromatic nitrogens is 3. The third-order valence-electron chi connectivity index (χ3n) is 3.60. The molecule has 128 valence electrons. The van der Waals surface area contributed by atoms with Crippen molar-refractivity contribution in [3.05, 3.63) is 71.0 Å². The summed E-state index contributed by atoms with van der Waals surface area (Å²) in [7, 11) is 0. The normalized spacial score (nSPS) is 10.8. The van der Waals surface area contributed by atoms with Crippen LogP contribution >= 0.6 is 15.9 Å². The Bertz CT molecular complexity index is 1110. The van der Waals surface area contributed by atoms with Crippen LogP contribution in [0.3, 0.4) is 0 Å². The molecule has 4 aromatic rings. The lowest BCUT2D eigenvalue weighted by Crippen LogP contribution is -2.13. The Morgan fingerprint density at radius 1 is 1.15 bits per heavy atom. The van der Waals surface area contributed by atoms with Crippen LogP contribution in [0.5, 0.6) is 0 Å². The standard InChI is InChI=1S/C18H10BrFN4O2/c19-13-3-1-10(20)7-12(13)18-24-14-8-11(2-4-16(14)26-18)23-17(25)15-9-21-5-6-22-15/h1-9H,(H,23,25). The van der Waals surface area contributed by atoms with Crippen molar-refractivity contribution in [2.24, 2.45) is 0 Å². The van der Waals surface area contributed by atoms with Crippen molar-refractivity contribution in [3.63, 3.8) is 0 Å².